The normalized spacial score (nSPS) is 25.1. The van der Waals surface area contributed by atoms with Gasteiger partial charge in [-0.15, -0.1) is 0 Å². The summed E-state index contributed by atoms with van der Waals surface area (Å²) in [7, 11) is -4.23. The molecule has 0 heterocycles. The fourth-order valence-electron chi connectivity index (χ4n) is 2.67. The molecule has 5 heteroatoms. The lowest BCUT2D eigenvalue weighted by molar-refractivity contribution is 0.105. The van der Waals surface area contributed by atoms with Gasteiger partial charge in [0, 0.05) is 5.92 Å². The van der Waals surface area contributed by atoms with Crippen molar-refractivity contribution in [1.29, 1.82) is 0 Å². The van der Waals surface area contributed by atoms with Gasteiger partial charge in [-0.05, 0) is 31.4 Å². The van der Waals surface area contributed by atoms with Crippen molar-refractivity contribution >= 4 is 10.1 Å². The van der Waals surface area contributed by atoms with Crippen LogP contribution in [0.25, 0.3) is 0 Å². The van der Waals surface area contributed by atoms with Crippen LogP contribution in [0.15, 0.2) is 23.1 Å². The van der Waals surface area contributed by atoms with Gasteiger partial charge >= 0.3 is 0 Å². The molecule has 2 N–H and O–H groups in total. The Balaban J connectivity index is 2.51. The average Bonchev–Trinajstić information content (AvgIpc) is 2.27. The molecule has 0 aromatic heterocycles. The maximum Gasteiger partial charge on any atom is 0.294 e. The first-order valence-corrected chi connectivity index (χ1v) is 7.59. The molecular weight excluding hydrogens is 252 g/mol. The van der Waals surface area contributed by atoms with Crippen LogP contribution in [0.1, 0.15) is 42.7 Å². The van der Waals surface area contributed by atoms with Crippen LogP contribution in [-0.2, 0) is 10.1 Å². The van der Waals surface area contributed by atoms with Crippen LogP contribution in [-0.4, -0.2) is 24.2 Å². The quantitative estimate of drug-likeness (QED) is 0.808. The summed E-state index contributed by atoms with van der Waals surface area (Å²) in [5.41, 5.74) is 1.47. The number of benzene rings is 1. The largest absolute Gasteiger partial charge is 0.392 e. The second-order valence-corrected chi connectivity index (χ2v) is 6.36. The van der Waals surface area contributed by atoms with Crippen LogP contribution in [0.2, 0.25) is 0 Å². The summed E-state index contributed by atoms with van der Waals surface area (Å²) in [6.45, 7) is 1.87. The van der Waals surface area contributed by atoms with E-state index in [2.05, 4.69) is 0 Å². The lowest BCUT2D eigenvalue weighted by atomic mass is 9.81. The van der Waals surface area contributed by atoms with E-state index in [1.165, 1.54) is 6.07 Å². The van der Waals surface area contributed by atoms with Crippen LogP contribution in [0.3, 0.4) is 0 Å². The molecule has 1 aliphatic rings. The molecule has 0 radical (unpaired) electrons. The number of aliphatic hydroxyl groups is 1. The molecule has 0 bridgehead atoms. The Labute approximate surface area is 107 Å². The van der Waals surface area contributed by atoms with Crippen molar-refractivity contribution in [2.75, 3.05) is 0 Å². The molecule has 1 aromatic carbocycles. The second kappa shape index (κ2) is 4.99. The topological polar surface area (TPSA) is 74.6 Å². The van der Waals surface area contributed by atoms with Gasteiger partial charge in [0.15, 0.2) is 0 Å². The Morgan fingerprint density at radius 2 is 1.89 bits per heavy atom. The van der Waals surface area contributed by atoms with Crippen molar-refractivity contribution in [1.82, 2.24) is 0 Å². The molecule has 0 spiro atoms. The highest BCUT2D eigenvalue weighted by molar-refractivity contribution is 7.85. The molecule has 0 amide bonds. The van der Waals surface area contributed by atoms with Crippen LogP contribution in [0.5, 0.6) is 0 Å². The molecule has 2 rings (SSSR count). The summed E-state index contributed by atoms with van der Waals surface area (Å²) >= 11 is 0. The van der Waals surface area contributed by atoms with E-state index in [1.807, 2.05) is 6.92 Å². The highest BCUT2D eigenvalue weighted by Gasteiger charge is 2.29. The van der Waals surface area contributed by atoms with Gasteiger partial charge in [-0.2, -0.15) is 8.42 Å². The molecule has 1 aromatic rings. The summed E-state index contributed by atoms with van der Waals surface area (Å²) in [5.74, 6) is -0.199. The average molecular weight is 270 g/mol. The number of aryl methyl sites for hydroxylation is 1. The third kappa shape index (κ3) is 2.74. The minimum absolute atomic E-state index is 0.0703. The summed E-state index contributed by atoms with van der Waals surface area (Å²) in [4.78, 5) is -0.0703. The summed E-state index contributed by atoms with van der Waals surface area (Å²) < 4.78 is 32.0. The zero-order valence-corrected chi connectivity index (χ0v) is 11.2. The molecule has 0 saturated heterocycles. The minimum atomic E-state index is -4.23. The summed E-state index contributed by atoms with van der Waals surface area (Å²) in [5, 5.41) is 10.0. The smallest absolute Gasteiger partial charge is 0.294 e. The maximum absolute atomic E-state index is 11.4. The third-order valence-electron chi connectivity index (χ3n) is 3.57. The van der Waals surface area contributed by atoms with Gasteiger partial charge in [-0.3, -0.25) is 4.55 Å². The first kappa shape index (κ1) is 13.5. The van der Waals surface area contributed by atoms with Crippen LogP contribution < -0.4 is 0 Å². The Bertz CT molecular complexity index is 536. The van der Waals surface area contributed by atoms with Gasteiger partial charge in [-0.1, -0.05) is 30.5 Å². The van der Waals surface area contributed by atoms with E-state index in [-0.39, 0.29) is 10.8 Å². The fourth-order valence-corrected chi connectivity index (χ4v) is 3.41. The molecule has 1 saturated carbocycles. The zero-order valence-electron chi connectivity index (χ0n) is 10.3. The second-order valence-electron chi connectivity index (χ2n) is 4.97. The fraction of sp³-hybridized carbons (Fsp3) is 0.538. The number of rotatable bonds is 2. The third-order valence-corrected chi connectivity index (χ3v) is 4.50. The Hall–Kier alpha value is -0.910. The predicted molar refractivity (Wildman–Crippen MR) is 68.2 cm³/mol. The highest BCUT2D eigenvalue weighted by Crippen LogP contribution is 2.36. The van der Waals surface area contributed by atoms with E-state index < -0.39 is 16.2 Å². The molecule has 2 atom stereocenters. The highest BCUT2D eigenvalue weighted by atomic mass is 32.2. The molecule has 0 aliphatic heterocycles. The minimum Gasteiger partial charge on any atom is -0.392 e. The van der Waals surface area contributed by atoms with E-state index in [1.54, 1.807) is 12.1 Å². The van der Waals surface area contributed by atoms with Gasteiger partial charge in [0.2, 0.25) is 0 Å². The van der Waals surface area contributed by atoms with Crippen LogP contribution in [0, 0.1) is 6.92 Å². The van der Waals surface area contributed by atoms with Crippen molar-refractivity contribution in [3.05, 3.63) is 29.3 Å². The zero-order chi connectivity index (χ0) is 13.3. The van der Waals surface area contributed by atoms with E-state index in [0.717, 1.165) is 24.8 Å². The summed E-state index contributed by atoms with van der Waals surface area (Å²) in [6, 6.07) is 4.82. The van der Waals surface area contributed by atoms with Crippen molar-refractivity contribution < 1.29 is 18.1 Å². The van der Waals surface area contributed by atoms with Gasteiger partial charge in [0.25, 0.3) is 10.1 Å². The standard InChI is InChI=1S/C13H18O4S/c1-9-6-7-13(18(15,16)17)11(8-9)10-4-2-3-5-12(10)14/h6-8,10,12,14H,2-5H2,1H3,(H,15,16,17). The lowest BCUT2D eigenvalue weighted by Gasteiger charge is -2.29. The number of hydrogen-bond donors (Lipinski definition) is 2. The Morgan fingerprint density at radius 3 is 2.50 bits per heavy atom. The SMILES string of the molecule is Cc1ccc(S(=O)(=O)O)c(C2CCCCC2O)c1. The van der Waals surface area contributed by atoms with E-state index >= 15 is 0 Å². The van der Waals surface area contributed by atoms with Crippen LogP contribution >= 0.6 is 0 Å². The lowest BCUT2D eigenvalue weighted by Crippen LogP contribution is -2.24. The molecule has 1 aliphatic carbocycles. The predicted octanol–water partition coefficient (Wildman–Crippen LogP) is 2.26. The van der Waals surface area contributed by atoms with Crippen molar-refractivity contribution in [3.8, 4) is 0 Å². The molecule has 1 fully saturated rings. The van der Waals surface area contributed by atoms with Crippen molar-refractivity contribution in [2.45, 2.75) is 49.5 Å². The monoisotopic (exact) mass is 270 g/mol. The molecular formula is C13H18O4S. The van der Waals surface area contributed by atoms with E-state index in [9.17, 15) is 18.1 Å². The van der Waals surface area contributed by atoms with Crippen molar-refractivity contribution in [2.24, 2.45) is 0 Å². The van der Waals surface area contributed by atoms with Crippen LogP contribution in [0.4, 0.5) is 0 Å². The van der Waals surface area contributed by atoms with Gasteiger partial charge < -0.3 is 5.11 Å². The molecule has 2 unspecified atom stereocenters. The first-order valence-electron chi connectivity index (χ1n) is 6.15. The van der Waals surface area contributed by atoms with E-state index in [0.29, 0.717) is 12.0 Å². The molecule has 4 nitrogen and oxygen atoms in total. The van der Waals surface area contributed by atoms with Crippen molar-refractivity contribution in [3.63, 3.8) is 0 Å². The van der Waals surface area contributed by atoms with Gasteiger partial charge in [-0.25, -0.2) is 0 Å². The Morgan fingerprint density at radius 1 is 1.22 bits per heavy atom. The van der Waals surface area contributed by atoms with Gasteiger partial charge in [0.1, 0.15) is 0 Å². The summed E-state index contributed by atoms with van der Waals surface area (Å²) in [6.07, 6.45) is 2.85. The number of aliphatic hydroxyl groups excluding tert-OH is 1. The molecule has 18 heavy (non-hydrogen) atoms. The Kier molecular flexibility index (Phi) is 3.75. The maximum atomic E-state index is 11.4. The van der Waals surface area contributed by atoms with E-state index in [4.69, 9.17) is 0 Å². The first-order chi connectivity index (χ1) is 8.39. The van der Waals surface area contributed by atoms with Gasteiger partial charge in [0.05, 0.1) is 11.0 Å². The number of hydrogen-bond acceptors (Lipinski definition) is 3. The molecule has 100 valence electrons.